The monoisotopic (exact) mass is 257 g/mol. The summed E-state index contributed by atoms with van der Waals surface area (Å²) < 4.78 is 40.1. The predicted molar refractivity (Wildman–Crippen MR) is 64.7 cm³/mol. The lowest BCUT2D eigenvalue weighted by atomic mass is 9.96. The first-order chi connectivity index (χ1) is 8.49. The fraction of sp³-hybridized carbons (Fsp3) is 0.571. The minimum Gasteiger partial charge on any atom is -0.296 e. The fourth-order valence-corrected chi connectivity index (χ4v) is 2.65. The largest absolute Gasteiger partial charge is 0.296 e. The molecule has 18 heavy (non-hydrogen) atoms. The summed E-state index contributed by atoms with van der Waals surface area (Å²) in [5, 5.41) is 0. The minimum absolute atomic E-state index is 0.113. The number of rotatable bonds is 2. The summed E-state index contributed by atoms with van der Waals surface area (Å²) in [6.07, 6.45) is 2.20. The highest BCUT2D eigenvalue weighted by molar-refractivity contribution is 5.23. The van der Waals surface area contributed by atoms with Crippen LogP contribution in [0.3, 0.4) is 0 Å². The average Bonchev–Trinajstić information content (AvgIpc) is 2.33. The van der Waals surface area contributed by atoms with Gasteiger partial charge in [-0.1, -0.05) is 6.92 Å². The molecule has 1 aliphatic heterocycles. The van der Waals surface area contributed by atoms with Crippen LogP contribution in [0.4, 0.5) is 13.2 Å². The molecule has 0 saturated carbocycles. The second-order valence-electron chi connectivity index (χ2n) is 5.21. The standard InChI is InChI=1S/C14H18F3N/c1-9-4-3-5-18(8-9)10(2)12-6-11(15)7-13(16)14(12)17/h6-7,9-10H,3-5,8H2,1-2H3/t9-,10+/m0/s1. The summed E-state index contributed by atoms with van der Waals surface area (Å²) in [5.74, 6) is -2.22. The van der Waals surface area contributed by atoms with Crippen molar-refractivity contribution in [1.29, 1.82) is 0 Å². The van der Waals surface area contributed by atoms with Crippen molar-refractivity contribution in [1.82, 2.24) is 4.90 Å². The Kier molecular flexibility index (Phi) is 3.95. The molecule has 0 unspecified atom stereocenters. The van der Waals surface area contributed by atoms with E-state index in [1.807, 2.05) is 0 Å². The van der Waals surface area contributed by atoms with E-state index in [2.05, 4.69) is 11.8 Å². The minimum atomic E-state index is -1.11. The maximum absolute atomic E-state index is 13.7. The van der Waals surface area contributed by atoms with E-state index >= 15 is 0 Å². The van der Waals surface area contributed by atoms with Crippen molar-refractivity contribution in [2.45, 2.75) is 32.7 Å². The molecule has 1 aromatic rings. The molecule has 100 valence electrons. The summed E-state index contributed by atoms with van der Waals surface area (Å²) in [4.78, 5) is 2.09. The molecule has 1 aromatic carbocycles. The lowest BCUT2D eigenvalue weighted by Crippen LogP contribution is -2.36. The van der Waals surface area contributed by atoms with Crippen molar-refractivity contribution in [2.24, 2.45) is 5.92 Å². The van der Waals surface area contributed by atoms with E-state index in [1.165, 1.54) is 0 Å². The molecule has 1 aliphatic rings. The number of hydrogen-bond donors (Lipinski definition) is 0. The van der Waals surface area contributed by atoms with E-state index in [1.54, 1.807) is 6.92 Å². The van der Waals surface area contributed by atoms with Gasteiger partial charge in [-0.3, -0.25) is 4.90 Å². The van der Waals surface area contributed by atoms with Gasteiger partial charge in [-0.25, -0.2) is 13.2 Å². The highest BCUT2D eigenvalue weighted by atomic mass is 19.2. The second kappa shape index (κ2) is 5.31. The van der Waals surface area contributed by atoms with Gasteiger partial charge in [-0.05, 0) is 38.3 Å². The molecule has 1 saturated heterocycles. The van der Waals surface area contributed by atoms with Crippen LogP contribution in [0.1, 0.15) is 38.3 Å². The molecule has 0 amide bonds. The average molecular weight is 257 g/mol. The summed E-state index contributed by atoms with van der Waals surface area (Å²) in [6.45, 7) is 5.64. The van der Waals surface area contributed by atoms with Gasteiger partial charge >= 0.3 is 0 Å². The molecule has 1 fully saturated rings. The number of benzene rings is 1. The first kappa shape index (κ1) is 13.4. The van der Waals surface area contributed by atoms with Crippen LogP contribution >= 0.6 is 0 Å². The SMILES string of the molecule is C[C@H]1CCCN([C@H](C)c2cc(F)cc(F)c2F)C1. The number of halogens is 3. The smallest absolute Gasteiger partial charge is 0.163 e. The number of piperidine rings is 1. The van der Waals surface area contributed by atoms with E-state index in [0.29, 0.717) is 12.0 Å². The van der Waals surface area contributed by atoms with Crippen LogP contribution in [0.15, 0.2) is 12.1 Å². The van der Waals surface area contributed by atoms with Gasteiger partial charge in [0.1, 0.15) is 5.82 Å². The molecule has 0 radical (unpaired) electrons. The topological polar surface area (TPSA) is 3.24 Å². The first-order valence-electron chi connectivity index (χ1n) is 6.37. The zero-order chi connectivity index (χ0) is 13.3. The van der Waals surface area contributed by atoms with E-state index in [4.69, 9.17) is 0 Å². The fourth-order valence-electron chi connectivity index (χ4n) is 2.65. The number of hydrogen-bond acceptors (Lipinski definition) is 1. The van der Waals surface area contributed by atoms with Gasteiger partial charge in [0.05, 0.1) is 0 Å². The van der Waals surface area contributed by atoms with Crippen LogP contribution in [0.2, 0.25) is 0 Å². The molecule has 1 heterocycles. The third kappa shape index (κ3) is 2.69. The van der Waals surface area contributed by atoms with Crippen LogP contribution in [-0.4, -0.2) is 18.0 Å². The summed E-state index contributed by atoms with van der Waals surface area (Å²) in [7, 11) is 0. The first-order valence-corrected chi connectivity index (χ1v) is 6.37. The van der Waals surface area contributed by atoms with Crippen molar-refractivity contribution < 1.29 is 13.2 Å². The van der Waals surface area contributed by atoms with E-state index in [9.17, 15) is 13.2 Å². The van der Waals surface area contributed by atoms with Gasteiger partial charge in [0.25, 0.3) is 0 Å². The van der Waals surface area contributed by atoms with Crippen LogP contribution in [0.5, 0.6) is 0 Å². The molecule has 0 aliphatic carbocycles. The van der Waals surface area contributed by atoms with Gasteiger partial charge < -0.3 is 0 Å². The number of nitrogens with zero attached hydrogens (tertiary/aromatic N) is 1. The highest BCUT2D eigenvalue weighted by Crippen LogP contribution is 2.29. The maximum Gasteiger partial charge on any atom is 0.163 e. The van der Waals surface area contributed by atoms with Crippen LogP contribution in [-0.2, 0) is 0 Å². The summed E-state index contributed by atoms with van der Waals surface area (Å²) in [5.41, 5.74) is 0.113. The van der Waals surface area contributed by atoms with Crippen LogP contribution < -0.4 is 0 Å². The van der Waals surface area contributed by atoms with E-state index in [-0.39, 0.29) is 11.6 Å². The molecule has 0 spiro atoms. The second-order valence-corrected chi connectivity index (χ2v) is 5.21. The zero-order valence-corrected chi connectivity index (χ0v) is 10.7. The molecule has 2 rings (SSSR count). The predicted octanol–water partition coefficient (Wildman–Crippen LogP) is 3.90. The van der Waals surface area contributed by atoms with E-state index < -0.39 is 17.5 Å². The van der Waals surface area contributed by atoms with Crippen molar-refractivity contribution in [3.8, 4) is 0 Å². The van der Waals surface area contributed by atoms with Gasteiger partial charge in [0, 0.05) is 24.2 Å². The third-order valence-corrected chi connectivity index (χ3v) is 3.71. The Morgan fingerprint density at radius 2 is 2.00 bits per heavy atom. The Bertz CT molecular complexity index is 433. The Morgan fingerprint density at radius 1 is 1.28 bits per heavy atom. The molecule has 2 atom stereocenters. The lowest BCUT2D eigenvalue weighted by molar-refractivity contribution is 0.136. The van der Waals surface area contributed by atoms with E-state index in [0.717, 1.165) is 32.0 Å². The maximum atomic E-state index is 13.7. The molecule has 0 aromatic heterocycles. The molecule has 0 N–H and O–H groups in total. The van der Waals surface area contributed by atoms with Crippen molar-refractivity contribution >= 4 is 0 Å². The molecule has 0 bridgehead atoms. The zero-order valence-electron chi connectivity index (χ0n) is 10.7. The summed E-state index contributed by atoms with van der Waals surface area (Å²) >= 11 is 0. The Labute approximate surface area is 106 Å². The van der Waals surface area contributed by atoms with Gasteiger partial charge in [-0.2, -0.15) is 0 Å². The van der Waals surface area contributed by atoms with Gasteiger partial charge in [0.15, 0.2) is 11.6 Å². The third-order valence-electron chi connectivity index (χ3n) is 3.71. The van der Waals surface area contributed by atoms with Crippen molar-refractivity contribution in [3.05, 3.63) is 35.1 Å². The lowest BCUT2D eigenvalue weighted by Gasteiger charge is -2.35. The Morgan fingerprint density at radius 3 is 2.67 bits per heavy atom. The summed E-state index contributed by atoms with van der Waals surface area (Å²) in [6, 6.07) is 1.39. The highest BCUT2D eigenvalue weighted by Gasteiger charge is 2.25. The van der Waals surface area contributed by atoms with Crippen LogP contribution in [0, 0.1) is 23.4 Å². The molecular formula is C14H18F3N. The van der Waals surface area contributed by atoms with Crippen molar-refractivity contribution in [2.75, 3.05) is 13.1 Å². The quantitative estimate of drug-likeness (QED) is 0.726. The molecular weight excluding hydrogens is 239 g/mol. The number of likely N-dealkylation sites (tertiary alicyclic amines) is 1. The Balaban J connectivity index is 2.25. The Hall–Kier alpha value is -1.03. The normalized spacial score (nSPS) is 23.1. The molecule has 1 nitrogen and oxygen atoms in total. The molecule has 4 heteroatoms. The van der Waals surface area contributed by atoms with Gasteiger partial charge in [0.2, 0.25) is 0 Å². The van der Waals surface area contributed by atoms with Crippen LogP contribution in [0.25, 0.3) is 0 Å². The van der Waals surface area contributed by atoms with Crippen molar-refractivity contribution in [3.63, 3.8) is 0 Å². The van der Waals surface area contributed by atoms with Gasteiger partial charge in [-0.15, -0.1) is 0 Å².